The number of thiazole rings is 1. The molecule has 1 aromatic rings. The predicted octanol–water partition coefficient (Wildman–Crippen LogP) is 0.550. The second kappa shape index (κ2) is 5.77. The van der Waals surface area contributed by atoms with E-state index < -0.39 is 22.8 Å². The molecular formula is C10H15N3O3S2. The summed E-state index contributed by atoms with van der Waals surface area (Å²) in [6, 6.07) is -0.807. The lowest BCUT2D eigenvalue weighted by Gasteiger charge is -2.21. The van der Waals surface area contributed by atoms with Gasteiger partial charge in [0, 0.05) is 33.7 Å². The summed E-state index contributed by atoms with van der Waals surface area (Å²) in [5, 5.41) is 14.4. The summed E-state index contributed by atoms with van der Waals surface area (Å²) in [4.78, 5) is 14.9. The number of nitrogens with two attached hydrogens (primary N) is 1. The van der Waals surface area contributed by atoms with Gasteiger partial charge in [0.1, 0.15) is 6.04 Å². The van der Waals surface area contributed by atoms with Crippen molar-refractivity contribution in [3.63, 3.8) is 0 Å². The van der Waals surface area contributed by atoms with E-state index in [0.717, 1.165) is 12.8 Å². The van der Waals surface area contributed by atoms with Crippen molar-refractivity contribution in [2.24, 2.45) is 5.73 Å². The highest BCUT2D eigenvalue weighted by molar-refractivity contribution is 7.85. The molecule has 100 valence electrons. The molecule has 0 amide bonds. The van der Waals surface area contributed by atoms with E-state index >= 15 is 0 Å². The quantitative estimate of drug-likeness (QED) is 0.747. The predicted molar refractivity (Wildman–Crippen MR) is 71.2 cm³/mol. The van der Waals surface area contributed by atoms with Gasteiger partial charge in [-0.05, 0) is 12.8 Å². The molecule has 8 heteroatoms. The van der Waals surface area contributed by atoms with Crippen molar-refractivity contribution in [1.29, 1.82) is 0 Å². The van der Waals surface area contributed by atoms with Crippen LogP contribution in [0.4, 0.5) is 5.13 Å². The molecule has 18 heavy (non-hydrogen) atoms. The number of anilines is 1. The topological polar surface area (TPSA) is 105 Å². The lowest BCUT2D eigenvalue weighted by atomic mass is 10.2. The van der Waals surface area contributed by atoms with Crippen LogP contribution in [0.1, 0.15) is 24.6 Å². The fourth-order valence-electron chi connectivity index (χ4n) is 1.73. The number of rotatable bonds is 4. The Hall–Kier alpha value is -0.990. The smallest absolute Gasteiger partial charge is 0.326 e. The minimum Gasteiger partial charge on any atom is -0.480 e. The van der Waals surface area contributed by atoms with Gasteiger partial charge in [-0.25, -0.2) is 4.98 Å². The molecule has 1 aliphatic heterocycles. The highest BCUT2D eigenvalue weighted by Crippen LogP contribution is 2.22. The maximum atomic E-state index is 11.2. The Bertz CT molecular complexity index is 453. The van der Waals surface area contributed by atoms with Gasteiger partial charge in [0.05, 0.1) is 5.69 Å². The van der Waals surface area contributed by atoms with E-state index in [4.69, 9.17) is 10.8 Å². The molecule has 4 N–H and O–H groups in total. The van der Waals surface area contributed by atoms with Crippen LogP contribution in [-0.2, 0) is 15.6 Å². The number of carbonyl (C=O) groups is 1. The van der Waals surface area contributed by atoms with Gasteiger partial charge in [-0.1, -0.05) is 0 Å². The Morgan fingerprint density at radius 2 is 2.28 bits per heavy atom. The standard InChI is InChI=1S/C10H15N3O3S2/c11-8(9(14)15)7-5-17-10(13-7)12-6-1-3-18(16)4-2-6/h5-6,8H,1-4,11H2,(H,12,13)(H,14,15). The van der Waals surface area contributed by atoms with Gasteiger partial charge in [-0.2, -0.15) is 0 Å². The summed E-state index contributed by atoms with van der Waals surface area (Å²) >= 11 is 1.35. The number of carboxylic acids is 1. The third-order valence-corrected chi connectivity index (χ3v) is 5.00. The van der Waals surface area contributed by atoms with Crippen LogP contribution in [0.2, 0.25) is 0 Å². The zero-order valence-electron chi connectivity index (χ0n) is 9.67. The Kier molecular flexibility index (Phi) is 4.31. The summed E-state index contributed by atoms with van der Waals surface area (Å²) in [7, 11) is -0.682. The molecular weight excluding hydrogens is 274 g/mol. The van der Waals surface area contributed by atoms with E-state index in [1.165, 1.54) is 11.3 Å². The second-order valence-electron chi connectivity index (χ2n) is 4.16. The number of hydrogen-bond acceptors (Lipinski definition) is 6. The van der Waals surface area contributed by atoms with Crippen LogP contribution in [-0.4, -0.2) is 37.8 Å². The molecule has 1 atom stereocenters. The minimum atomic E-state index is -1.08. The maximum absolute atomic E-state index is 11.2. The third kappa shape index (κ3) is 3.27. The summed E-state index contributed by atoms with van der Waals surface area (Å²) in [5.74, 6) is 0.342. The average Bonchev–Trinajstić information content (AvgIpc) is 2.79. The van der Waals surface area contributed by atoms with Gasteiger partial charge in [-0.15, -0.1) is 11.3 Å². The van der Waals surface area contributed by atoms with Crippen LogP contribution >= 0.6 is 11.3 Å². The first-order valence-electron chi connectivity index (χ1n) is 5.61. The minimum absolute atomic E-state index is 0.266. The number of carboxylic acid groups (broad SMARTS) is 1. The molecule has 1 fully saturated rings. The zero-order chi connectivity index (χ0) is 13.1. The average molecular weight is 289 g/mol. The van der Waals surface area contributed by atoms with Gasteiger partial charge in [0.25, 0.3) is 0 Å². The van der Waals surface area contributed by atoms with E-state index in [0.29, 0.717) is 22.3 Å². The van der Waals surface area contributed by atoms with Gasteiger partial charge in [0.2, 0.25) is 0 Å². The highest BCUT2D eigenvalue weighted by atomic mass is 32.2. The van der Waals surface area contributed by atoms with Gasteiger partial charge in [0.15, 0.2) is 5.13 Å². The van der Waals surface area contributed by atoms with Crippen molar-refractivity contribution in [2.45, 2.75) is 24.9 Å². The molecule has 2 rings (SSSR count). The zero-order valence-corrected chi connectivity index (χ0v) is 11.3. The van der Waals surface area contributed by atoms with E-state index in [1.807, 2.05) is 0 Å². The summed E-state index contributed by atoms with van der Waals surface area (Å²) in [6.07, 6.45) is 1.71. The fourth-order valence-corrected chi connectivity index (χ4v) is 3.86. The lowest BCUT2D eigenvalue weighted by molar-refractivity contribution is -0.138. The molecule has 6 nitrogen and oxygen atoms in total. The number of aliphatic carboxylic acids is 1. The van der Waals surface area contributed by atoms with Crippen LogP contribution in [0, 0.1) is 0 Å². The van der Waals surface area contributed by atoms with Gasteiger partial charge in [-0.3, -0.25) is 9.00 Å². The van der Waals surface area contributed by atoms with E-state index in [2.05, 4.69) is 10.3 Å². The van der Waals surface area contributed by atoms with Crippen molar-refractivity contribution >= 4 is 33.2 Å². The van der Waals surface area contributed by atoms with Gasteiger partial charge >= 0.3 is 5.97 Å². The number of aromatic nitrogens is 1. The monoisotopic (exact) mass is 289 g/mol. The van der Waals surface area contributed by atoms with Crippen LogP contribution in [0.15, 0.2) is 5.38 Å². The first-order chi connectivity index (χ1) is 8.56. The van der Waals surface area contributed by atoms with Crippen molar-refractivity contribution in [2.75, 3.05) is 16.8 Å². The Labute approximate surface area is 111 Å². The third-order valence-electron chi connectivity index (χ3n) is 2.82. The number of nitrogens with one attached hydrogen (secondary N) is 1. The number of hydrogen-bond donors (Lipinski definition) is 3. The normalized spacial score (nSPS) is 25.6. The molecule has 1 aromatic heterocycles. The van der Waals surface area contributed by atoms with Crippen molar-refractivity contribution in [3.8, 4) is 0 Å². The van der Waals surface area contributed by atoms with Crippen LogP contribution < -0.4 is 11.1 Å². The molecule has 0 aromatic carbocycles. The summed E-state index contributed by atoms with van der Waals surface area (Å²) in [6.45, 7) is 0. The fraction of sp³-hybridized carbons (Fsp3) is 0.600. The molecule has 1 aliphatic rings. The lowest BCUT2D eigenvalue weighted by Crippen LogP contribution is -2.29. The van der Waals surface area contributed by atoms with E-state index in [9.17, 15) is 9.00 Å². The molecule has 0 bridgehead atoms. The van der Waals surface area contributed by atoms with Crippen LogP contribution in [0.5, 0.6) is 0 Å². The van der Waals surface area contributed by atoms with Crippen molar-refractivity contribution < 1.29 is 14.1 Å². The SMILES string of the molecule is NC(C(=O)O)c1csc(NC2CCS(=O)CC2)n1. The molecule has 0 aliphatic carbocycles. The van der Waals surface area contributed by atoms with Crippen molar-refractivity contribution in [3.05, 3.63) is 11.1 Å². The van der Waals surface area contributed by atoms with Gasteiger partial charge < -0.3 is 16.2 Å². The first-order valence-corrected chi connectivity index (χ1v) is 7.98. The molecule has 0 spiro atoms. The summed E-state index contributed by atoms with van der Waals surface area (Å²) in [5.41, 5.74) is 5.85. The largest absolute Gasteiger partial charge is 0.480 e. The van der Waals surface area contributed by atoms with E-state index in [1.54, 1.807) is 5.38 Å². The first kappa shape index (κ1) is 13.4. The molecule has 1 unspecified atom stereocenters. The molecule has 0 saturated carbocycles. The highest BCUT2D eigenvalue weighted by Gasteiger charge is 2.21. The molecule has 1 saturated heterocycles. The second-order valence-corrected chi connectivity index (χ2v) is 6.71. The van der Waals surface area contributed by atoms with Crippen LogP contribution in [0.3, 0.4) is 0 Å². The van der Waals surface area contributed by atoms with Crippen LogP contribution in [0.25, 0.3) is 0 Å². The van der Waals surface area contributed by atoms with E-state index in [-0.39, 0.29) is 6.04 Å². The Morgan fingerprint density at radius 3 is 2.89 bits per heavy atom. The molecule has 0 radical (unpaired) electrons. The molecule has 2 heterocycles. The Morgan fingerprint density at radius 1 is 1.61 bits per heavy atom. The van der Waals surface area contributed by atoms with Crippen molar-refractivity contribution in [1.82, 2.24) is 4.98 Å². The number of nitrogens with zero attached hydrogens (tertiary/aromatic N) is 1. The maximum Gasteiger partial charge on any atom is 0.326 e. The summed E-state index contributed by atoms with van der Waals surface area (Å²) < 4.78 is 11.2. The Balaban J connectivity index is 1.94.